The summed E-state index contributed by atoms with van der Waals surface area (Å²) in [6.07, 6.45) is -3.09. The molecule has 1 N–H and O–H groups in total. The third-order valence-corrected chi connectivity index (χ3v) is 6.21. The van der Waals surface area contributed by atoms with Crippen LogP contribution in [-0.2, 0) is 6.18 Å². The summed E-state index contributed by atoms with van der Waals surface area (Å²) in [5.74, 6) is -1.21. The number of benzene rings is 1. The number of aromatic nitrogens is 3. The van der Waals surface area contributed by atoms with Crippen molar-refractivity contribution in [3.05, 3.63) is 75.1 Å². The molecule has 1 fully saturated rings. The Morgan fingerprint density at radius 2 is 2.03 bits per heavy atom. The highest BCUT2D eigenvalue weighted by atomic mass is 19.4. The Kier molecular flexibility index (Phi) is 4.39. The molecule has 0 saturated carbocycles. The molecule has 0 aliphatic carbocycles. The van der Waals surface area contributed by atoms with Crippen LogP contribution in [-0.4, -0.2) is 36.6 Å². The van der Waals surface area contributed by atoms with Gasteiger partial charge in [-0.1, -0.05) is 12.1 Å². The Bertz CT molecular complexity index is 1420. The zero-order chi connectivity index (χ0) is 23.7. The lowest BCUT2D eigenvalue weighted by atomic mass is 10.0. The van der Waals surface area contributed by atoms with E-state index in [0.717, 1.165) is 16.7 Å². The third-order valence-electron chi connectivity index (χ3n) is 6.21. The number of imidazole rings is 1. The lowest BCUT2D eigenvalue weighted by Gasteiger charge is -2.28. The van der Waals surface area contributed by atoms with Gasteiger partial charge < -0.3 is 10.0 Å². The van der Waals surface area contributed by atoms with Gasteiger partial charge in [-0.3, -0.25) is 9.36 Å². The van der Waals surface area contributed by atoms with Crippen molar-refractivity contribution in [3.8, 4) is 17.6 Å². The molecule has 2 aromatic heterocycles. The van der Waals surface area contributed by atoms with Gasteiger partial charge in [0, 0.05) is 6.54 Å². The van der Waals surface area contributed by atoms with Crippen LogP contribution in [0.1, 0.15) is 51.4 Å². The Balaban J connectivity index is 1.57. The van der Waals surface area contributed by atoms with Crippen molar-refractivity contribution >= 4 is 5.91 Å². The highest BCUT2D eigenvalue weighted by Crippen LogP contribution is 2.49. The maximum absolute atomic E-state index is 13.4. The second kappa shape index (κ2) is 6.96. The molecule has 11 heteroatoms. The molecule has 0 radical (unpaired) electrons. The minimum Gasteiger partial charge on any atom is -0.493 e. The molecule has 168 valence electrons. The molecule has 2 aliphatic rings. The minimum absolute atomic E-state index is 0.0523. The lowest BCUT2D eigenvalue weighted by Crippen LogP contribution is -2.38. The van der Waals surface area contributed by atoms with Crippen molar-refractivity contribution < 1.29 is 23.1 Å². The number of halogens is 3. The number of nitrogens with zero attached hydrogens (tertiary/aromatic N) is 5. The van der Waals surface area contributed by atoms with Gasteiger partial charge in [-0.15, -0.1) is 0 Å². The largest absolute Gasteiger partial charge is 0.493 e. The first kappa shape index (κ1) is 20.8. The van der Waals surface area contributed by atoms with Gasteiger partial charge in [0.1, 0.15) is 17.5 Å². The number of hydrogen-bond donors (Lipinski definition) is 1. The number of alkyl halides is 3. The monoisotopic (exact) mass is 455 g/mol. The zero-order valence-electron chi connectivity index (χ0n) is 17.2. The minimum atomic E-state index is -4.70. The average Bonchev–Trinajstić information content (AvgIpc) is 3.44. The van der Waals surface area contributed by atoms with E-state index in [1.807, 2.05) is 6.07 Å². The van der Waals surface area contributed by atoms with Gasteiger partial charge in [0.05, 0.1) is 35.1 Å². The maximum atomic E-state index is 13.4. The number of amides is 1. The van der Waals surface area contributed by atoms with Gasteiger partial charge in [0.2, 0.25) is 5.88 Å². The molecule has 1 unspecified atom stereocenters. The predicted molar refractivity (Wildman–Crippen MR) is 108 cm³/mol. The highest BCUT2D eigenvalue weighted by Gasteiger charge is 2.50. The molecular weight excluding hydrogens is 439 g/mol. The van der Waals surface area contributed by atoms with E-state index < -0.39 is 46.9 Å². The summed E-state index contributed by atoms with van der Waals surface area (Å²) in [5.41, 5.74) is -0.932. The Labute approximate surface area is 184 Å². The van der Waals surface area contributed by atoms with Gasteiger partial charge >= 0.3 is 11.9 Å². The molecule has 3 aromatic rings. The van der Waals surface area contributed by atoms with Crippen molar-refractivity contribution in [2.45, 2.75) is 31.6 Å². The summed E-state index contributed by atoms with van der Waals surface area (Å²) >= 11 is 0. The Hall–Kier alpha value is -4.07. The first-order valence-corrected chi connectivity index (χ1v) is 10.0. The van der Waals surface area contributed by atoms with E-state index in [-0.39, 0.29) is 23.6 Å². The molecule has 1 saturated heterocycles. The van der Waals surface area contributed by atoms with Crippen LogP contribution in [0.15, 0.2) is 41.3 Å². The van der Waals surface area contributed by atoms with Gasteiger partial charge in [0.25, 0.3) is 5.91 Å². The second-order valence-electron chi connectivity index (χ2n) is 8.07. The van der Waals surface area contributed by atoms with Crippen molar-refractivity contribution in [2.24, 2.45) is 0 Å². The van der Waals surface area contributed by atoms with Crippen molar-refractivity contribution in [3.63, 3.8) is 0 Å². The van der Waals surface area contributed by atoms with Crippen molar-refractivity contribution in [1.82, 2.24) is 19.0 Å². The number of likely N-dealkylation sites (tertiary alicyclic amines) is 1. The number of aryl methyl sites for hydroxylation is 1. The molecule has 0 spiro atoms. The SMILES string of the molecule is Cc1cc(-n2c(O)c3n(c2=O)[C@@H]2CC3N(C(=O)c3ccccc3C(F)(F)F)C2)cnc1C#N. The number of hydrogen-bond acceptors (Lipinski definition) is 5. The topological polar surface area (TPSA) is 104 Å². The fourth-order valence-corrected chi connectivity index (χ4v) is 4.77. The zero-order valence-corrected chi connectivity index (χ0v) is 17.2. The van der Waals surface area contributed by atoms with Gasteiger partial charge in [-0.2, -0.15) is 18.4 Å². The van der Waals surface area contributed by atoms with Crippen LogP contribution < -0.4 is 5.69 Å². The average molecular weight is 455 g/mol. The van der Waals surface area contributed by atoms with Gasteiger partial charge in [0.15, 0.2) is 0 Å². The quantitative estimate of drug-likeness (QED) is 0.640. The number of nitriles is 1. The van der Waals surface area contributed by atoms with E-state index in [2.05, 4.69) is 4.98 Å². The lowest BCUT2D eigenvalue weighted by molar-refractivity contribution is -0.138. The summed E-state index contributed by atoms with van der Waals surface area (Å²) < 4.78 is 42.7. The Morgan fingerprint density at radius 3 is 2.70 bits per heavy atom. The molecule has 4 heterocycles. The van der Waals surface area contributed by atoms with E-state index in [4.69, 9.17) is 5.26 Å². The normalized spacial score (nSPS) is 18.9. The van der Waals surface area contributed by atoms with E-state index in [1.165, 1.54) is 33.9 Å². The Morgan fingerprint density at radius 1 is 1.30 bits per heavy atom. The van der Waals surface area contributed by atoms with Gasteiger partial charge in [-0.25, -0.2) is 14.3 Å². The van der Waals surface area contributed by atoms with Crippen molar-refractivity contribution in [1.29, 1.82) is 5.26 Å². The summed E-state index contributed by atoms with van der Waals surface area (Å²) in [4.78, 5) is 31.5. The maximum Gasteiger partial charge on any atom is 0.417 e. The number of carbonyl (C=O) groups is 1. The molecule has 8 nitrogen and oxygen atoms in total. The molecule has 33 heavy (non-hydrogen) atoms. The van der Waals surface area contributed by atoms with Crippen LogP contribution in [0, 0.1) is 18.3 Å². The molecule has 2 bridgehead atoms. The number of pyridine rings is 1. The highest BCUT2D eigenvalue weighted by molar-refractivity contribution is 5.96. The molecule has 1 amide bonds. The number of aromatic hydroxyl groups is 1. The smallest absolute Gasteiger partial charge is 0.417 e. The van der Waals surface area contributed by atoms with Gasteiger partial charge in [-0.05, 0) is 37.1 Å². The number of rotatable bonds is 2. The fourth-order valence-electron chi connectivity index (χ4n) is 4.77. The molecular formula is C22H16F3N5O3. The van der Waals surface area contributed by atoms with E-state index in [0.29, 0.717) is 12.0 Å². The van der Waals surface area contributed by atoms with Crippen LogP contribution in [0.25, 0.3) is 5.69 Å². The van der Waals surface area contributed by atoms with Crippen molar-refractivity contribution in [2.75, 3.05) is 6.54 Å². The van der Waals surface area contributed by atoms with Crippen LogP contribution in [0.2, 0.25) is 0 Å². The number of fused-ring (bicyclic) bond motifs is 5. The van der Waals surface area contributed by atoms with E-state index in [1.54, 1.807) is 6.92 Å². The summed E-state index contributed by atoms with van der Waals surface area (Å²) in [7, 11) is 0. The molecule has 2 aliphatic heterocycles. The summed E-state index contributed by atoms with van der Waals surface area (Å²) in [6.45, 7) is 1.69. The first-order chi connectivity index (χ1) is 15.6. The van der Waals surface area contributed by atoms with E-state index in [9.17, 15) is 27.9 Å². The summed E-state index contributed by atoms with van der Waals surface area (Å²) in [6, 6.07) is 6.80. The first-order valence-electron chi connectivity index (χ1n) is 10.0. The van der Waals surface area contributed by atoms with Crippen LogP contribution in [0.4, 0.5) is 13.2 Å². The molecule has 2 atom stereocenters. The number of carbonyl (C=O) groups excluding carboxylic acids is 1. The fraction of sp³-hybridized carbons (Fsp3) is 0.273. The third kappa shape index (κ3) is 2.94. The van der Waals surface area contributed by atoms with E-state index >= 15 is 0 Å². The molecule has 5 rings (SSSR count). The molecule has 1 aromatic carbocycles. The summed E-state index contributed by atoms with van der Waals surface area (Å²) in [5, 5.41) is 20.0. The van der Waals surface area contributed by atoms with Crippen LogP contribution >= 0.6 is 0 Å². The van der Waals surface area contributed by atoms with Crippen LogP contribution in [0.5, 0.6) is 5.88 Å². The standard InChI is InChI=1S/C22H16F3N5O3/c1-11-6-12(9-27-16(11)8-26)30-20(32)18-17-7-13(29(18)21(30)33)10-28(17)19(31)14-4-2-3-5-15(14)22(23,24)25/h2-6,9,13,17,32H,7,10H2,1H3/t13-,17?/m1/s1. The second-order valence-corrected chi connectivity index (χ2v) is 8.07. The predicted octanol–water partition coefficient (Wildman–Crippen LogP) is 3.08. The van der Waals surface area contributed by atoms with Crippen LogP contribution in [0.3, 0.4) is 0 Å².